The fraction of sp³-hybridized carbons (Fsp3) is 0.933. The van der Waals surface area contributed by atoms with E-state index in [0.717, 1.165) is 25.3 Å². The van der Waals surface area contributed by atoms with Crippen LogP contribution in [-0.4, -0.2) is 18.3 Å². The summed E-state index contributed by atoms with van der Waals surface area (Å²) in [4.78, 5) is 12.3. The Morgan fingerprint density at radius 2 is 1.83 bits per heavy atom. The number of hydrogen-bond acceptors (Lipinski definition) is 1. The topological polar surface area (TPSA) is 29.1 Å². The first kappa shape index (κ1) is 14.2. The first-order valence-electron chi connectivity index (χ1n) is 7.50. The van der Waals surface area contributed by atoms with Gasteiger partial charge in [-0.25, -0.2) is 0 Å². The van der Waals surface area contributed by atoms with Crippen molar-refractivity contribution in [1.29, 1.82) is 0 Å². The van der Waals surface area contributed by atoms with Gasteiger partial charge in [-0.2, -0.15) is 0 Å². The van der Waals surface area contributed by atoms with Crippen LogP contribution in [-0.2, 0) is 4.79 Å². The molecule has 104 valence electrons. The molecule has 2 atom stereocenters. The summed E-state index contributed by atoms with van der Waals surface area (Å²) in [5.41, 5.74) is -0.104. The van der Waals surface area contributed by atoms with Gasteiger partial charge >= 0.3 is 0 Å². The molecule has 0 aromatic heterocycles. The van der Waals surface area contributed by atoms with Gasteiger partial charge in [-0.15, -0.1) is 11.6 Å². The van der Waals surface area contributed by atoms with E-state index in [9.17, 15) is 4.79 Å². The van der Waals surface area contributed by atoms with Gasteiger partial charge in [0.2, 0.25) is 5.91 Å². The predicted octanol–water partition coefficient (Wildman–Crippen LogP) is 3.73. The third-order valence-electron chi connectivity index (χ3n) is 5.04. The van der Waals surface area contributed by atoms with Crippen LogP contribution < -0.4 is 5.32 Å². The van der Waals surface area contributed by atoms with Gasteiger partial charge in [0.05, 0.1) is 0 Å². The molecule has 2 rings (SSSR count). The van der Waals surface area contributed by atoms with Gasteiger partial charge in [0.15, 0.2) is 0 Å². The monoisotopic (exact) mass is 271 g/mol. The summed E-state index contributed by atoms with van der Waals surface area (Å²) in [6, 6.07) is 0. The zero-order chi connectivity index (χ0) is 13.0. The Bertz CT molecular complexity index is 286. The van der Waals surface area contributed by atoms with Crippen LogP contribution in [0, 0.1) is 17.3 Å². The van der Waals surface area contributed by atoms with Crippen LogP contribution in [0.2, 0.25) is 0 Å². The molecule has 2 aliphatic carbocycles. The lowest BCUT2D eigenvalue weighted by Crippen LogP contribution is -2.42. The van der Waals surface area contributed by atoms with Crippen molar-refractivity contribution in [2.24, 2.45) is 17.3 Å². The average Bonchev–Trinajstić information content (AvgIpc) is 2.84. The molecule has 0 saturated heterocycles. The number of alkyl halides is 1. The average molecular weight is 272 g/mol. The molecule has 18 heavy (non-hydrogen) atoms. The Labute approximate surface area is 116 Å². The molecule has 0 bridgehead atoms. The number of rotatable bonds is 4. The molecule has 0 aromatic carbocycles. The van der Waals surface area contributed by atoms with Crippen LogP contribution in [0.1, 0.15) is 58.3 Å². The molecule has 2 fully saturated rings. The highest BCUT2D eigenvalue weighted by molar-refractivity contribution is 6.18. The highest BCUT2D eigenvalue weighted by atomic mass is 35.5. The molecular weight excluding hydrogens is 246 g/mol. The number of carbonyl (C=O) groups is 1. The van der Waals surface area contributed by atoms with E-state index in [1.807, 2.05) is 0 Å². The summed E-state index contributed by atoms with van der Waals surface area (Å²) >= 11 is 5.98. The molecular formula is C15H26ClNO. The zero-order valence-electron chi connectivity index (χ0n) is 11.5. The molecule has 2 saturated carbocycles. The Kier molecular flexibility index (Phi) is 4.94. The Morgan fingerprint density at radius 3 is 2.50 bits per heavy atom. The summed E-state index contributed by atoms with van der Waals surface area (Å²) in [6.45, 7) is 2.97. The van der Waals surface area contributed by atoms with Crippen molar-refractivity contribution >= 4 is 17.5 Å². The van der Waals surface area contributed by atoms with Gasteiger partial charge in [0, 0.05) is 17.8 Å². The standard InChI is InChI=1S/C15H26ClNO/c1-15(8-3-2-4-9-15)14(18)17-11-13-7-5-6-12(13)10-16/h12-13H,2-11H2,1H3,(H,17,18). The van der Waals surface area contributed by atoms with Crippen LogP contribution in [0.25, 0.3) is 0 Å². The molecule has 0 aromatic rings. The first-order chi connectivity index (χ1) is 8.65. The minimum Gasteiger partial charge on any atom is -0.355 e. The van der Waals surface area contributed by atoms with Gasteiger partial charge in [0.25, 0.3) is 0 Å². The minimum absolute atomic E-state index is 0.104. The van der Waals surface area contributed by atoms with Crippen molar-refractivity contribution < 1.29 is 4.79 Å². The third-order valence-corrected chi connectivity index (χ3v) is 5.44. The van der Waals surface area contributed by atoms with Gasteiger partial charge in [-0.05, 0) is 37.5 Å². The van der Waals surface area contributed by atoms with Crippen molar-refractivity contribution in [1.82, 2.24) is 5.32 Å². The number of halogens is 1. The molecule has 2 aliphatic rings. The van der Waals surface area contributed by atoms with Crippen LogP contribution in [0.15, 0.2) is 0 Å². The molecule has 2 nitrogen and oxygen atoms in total. The van der Waals surface area contributed by atoms with E-state index in [1.165, 1.54) is 38.5 Å². The molecule has 1 N–H and O–H groups in total. The molecule has 3 heteroatoms. The van der Waals surface area contributed by atoms with Crippen molar-refractivity contribution in [2.75, 3.05) is 12.4 Å². The number of hydrogen-bond donors (Lipinski definition) is 1. The maximum Gasteiger partial charge on any atom is 0.225 e. The smallest absolute Gasteiger partial charge is 0.225 e. The number of carbonyl (C=O) groups excluding carboxylic acids is 1. The lowest BCUT2D eigenvalue weighted by atomic mass is 9.75. The second-order valence-corrected chi connectivity index (χ2v) is 6.75. The molecule has 0 radical (unpaired) electrons. The fourth-order valence-electron chi connectivity index (χ4n) is 3.58. The van der Waals surface area contributed by atoms with E-state index in [0.29, 0.717) is 11.8 Å². The van der Waals surface area contributed by atoms with E-state index < -0.39 is 0 Å². The van der Waals surface area contributed by atoms with Crippen molar-refractivity contribution in [3.8, 4) is 0 Å². The largest absolute Gasteiger partial charge is 0.355 e. The fourth-order valence-corrected chi connectivity index (χ4v) is 3.99. The minimum atomic E-state index is -0.104. The molecule has 1 amide bonds. The summed E-state index contributed by atoms with van der Waals surface area (Å²) < 4.78 is 0. The van der Waals surface area contributed by atoms with Crippen molar-refractivity contribution in [3.63, 3.8) is 0 Å². The van der Waals surface area contributed by atoms with Crippen LogP contribution in [0.4, 0.5) is 0 Å². The predicted molar refractivity (Wildman–Crippen MR) is 75.8 cm³/mol. The number of amides is 1. The van der Waals surface area contributed by atoms with Gasteiger partial charge in [0.1, 0.15) is 0 Å². The summed E-state index contributed by atoms with van der Waals surface area (Å²) in [5, 5.41) is 3.20. The molecule has 2 unspecified atom stereocenters. The quantitative estimate of drug-likeness (QED) is 0.776. The van der Waals surface area contributed by atoms with Crippen LogP contribution in [0.3, 0.4) is 0 Å². The summed E-state index contributed by atoms with van der Waals surface area (Å²) in [5.74, 6) is 2.25. The molecule has 0 spiro atoms. The van der Waals surface area contributed by atoms with Crippen LogP contribution >= 0.6 is 11.6 Å². The highest BCUT2D eigenvalue weighted by Crippen LogP contribution is 2.36. The molecule has 0 aliphatic heterocycles. The number of nitrogens with one attached hydrogen (secondary N) is 1. The molecule has 0 heterocycles. The van der Waals surface area contributed by atoms with E-state index in [4.69, 9.17) is 11.6 Å². The Balaban J connectivity index is 1.80. The second kappa shape index (κ2) is 6.27. The lowest BCUT2D eigenvalue weighted by molar-refractivity contribution is -0.132. The second-order valence-electron chi connectivity index (χ2n) is 6.44. The maximum absolute atomic E-state index is 12.3. The summed E-state index contributed by atoms with van der Waals surface area (Å²) in [7, 11) is 0. The van der Waals surface area contributed by atoms with Crippen molar-refractivity contribution in [2.45, 2.75) is 58.3 Å². The van der Waals surface area contributed by atoms with E-state index in [1.54, 1.807) is 0 Å². The van der Waals surface area contributed by atoms with Gasteiger partial charge in [-0.3, -0.25) is 4.79 Å². The Morgan fingerprint density at radius 1 is 1.17 bits per heavy atom. The summed E-state index contributed by atoms with van der Waals surface area (Å²) in [6.07, 6.45) is 9.56. The SMILES string of the molecule is CC1(C(=O)NCC2CCCC2CCl)CCCCC1. The lowest BCUT2D eigenvalue weighted by Gasteiger charge is -2.32. The first-order valence-corrected chi connectivity index (χ1v) is 8.03. The Hall–Kier alpha value is -0.240. The van der Waals surface area contributed by atoms with Crippen LogP contribution in [0.5, 0.6) is 0 Å². The highest BCUT2D eigenvalue weighted by Gasteiger charge is 2.35. The normalized spacial score (nSPS) is 31.2. The van der Waals surface area contributed by atoms with Gasteiger partial charge < -0.3 is 5.32 Å². The van der Waals surface area contributed by atoms with Gasteiger partial charge in [-0.1, -0.05) is 32.6 Å². The third kappa shape index (κ3) is 3.20. The maximum atomic E-state index is 12.3. The van der Waals surface area contributed by atoms with Crippen molar-refractivity contribution in [3.05, 3.63) is 0 Å². The van der Waals surface area contributed by atoms with E-state index >= 15 is 0 Å². The van der Waals surface area contributed by atoms with E-state index in [2.05, 4.69) is 12.2 Å². The van der Waals surface area contributed by atoms with E-state index in [-0.39, 0.29) is 11.3 Å². The zero-order valence-corrected chi connectivity index (χ0v) is 12.3.